The second kappa shape index (κ2) is 4.37. The van der Waals surface area contributed by atoms with Crippen LogP contribution in [0.3, 0.4) is 0 Å². The minimum absolute atomic E-state index is 1.20. The van der Waals surface area contributed by atoms with E-state index in [4.69, 9.17) is 0 Å². The molecule has 0 spiro atoms. The van der Waals surface area contributed by atoms with Crippen LogP contribution in [0.1, 0.15) is 0 Å². The van der Waals surface area contributed by atoms with E-state index in [1.807, 2.05) is 11.3 Å². The first kappa shape index (κ1) is 12.6. The maximum atomic E-state index is 3.72. The van der Waals surface area contributed by atoms with E-state index in [1.165, 1.54) is 53.4 Å². The standard InChI is InChI=1S/C22H13NS/c1-3-10-18-14(7-1)16-9-5-6-13-12-17-15-8-2-4-11-19(15)24-22(17)21(23-18)20(13)16/h1-12,23H. The Balaban J connectivity index is 1.88. The van der Waals surface area contributed by atoms with Gasteiger partial charge in [-0.05, 0) is 29.1 Å². The maximum absolute atomic E-state index is 3.72. The van der Waals surface area contributed by atoms with Crippen molar-refractivity contribution < 1.29 is 0 Å². The molecule has 4 aromatic carbocycles. The van der Waals surface area contributed by atoms with Crippen molar-refractivity contribution in [1.29, 1.82) is 0 Å². The van der Waals surface area contributed by atoms with Crippen LogP contribution in [-0.4, -0.2) is 0 Å². The molecule has 2 heterocycles. The van der Waals surface area contributed by atoms with Crippen molar-refractivity contribution in [2.24, 2.45) is 0 Å². The summed E-state index contributed by atoms with van der Waals surface area (Å²) < 4.78 is 2.70. The summed E-state index contributed by atoms with van der Waals surface area (Å²) in [6, 6.07) is 26.3. The first-order valence-electron chi connectivity index (χ1n) is 8.13. The summed E-state index contributed by atoms with van der Waals surface area (Å²) in [6.07, 6.45) is 0. The molecule has 0 unspecified atom stereocenters. The van der Waals surface area contributed by atoms with E-state index in [1.54, 1.807) is 0 Å². The van der Waals surface area contributed by atoms with Gasteiger partial charge in [0.2, 0.25) is 0 Å². The Morgan fingerprint density at radius 1 is 0.708 bits per heavy atom. The van der Waals surface area contributed by atoms with Crippen LogP contribution < -0.4 is 5.32 Å². The molecule has 0 atom stereocenters. The Kier molecular flexibility index (Phi) is 2.29. The average molecular weight is 323 g/mol. The number of hydrogen-bond acceptors (Lipinski definition) is 2. The number of thiophene rings is 1. The van der Waals surface area contributed by atoms with Gasteiger partial charge in [0, 0.05) is 32.1 Å². The molecule has 1 aromatic heterocycles. The lowest BCUT2D eigenvalue weighted by atomic mass is 9.91. The molecule has 0 saturated heterocycles. The molecule has 2 heteroatoms. The molecule has 1 nitrogen and oxygen atoms in total. The van der Waals surface area contributed by atoms with E-state index in [0.29, 0.717) is 0 Å². The van der Waals surface area contributed by atoms with Gasteiger partial charge in [-0.2, -0.15) is 0 Å². The summed E-state index contributed by atoms with van der Waals surface area (Å²) in [4.78, 5) is 0. The Hall–Kier alpha value is -2.84. The van der Waals surface area contributed by atoms with Gasteiger partial charge in [0.15, 0.2) is 0 Å². The van der Waals surface area contributed by atoms with E-state index in [9.17, 15) is 0 Å². The third-order valence-electron chi connectivity index (χ3n) is 4.98. The number of hydrogen-bond donors (Lipinski definition) is 1. The SMILES string of the molecule is c1ccc2c(c1)Nc1c3sc4ccccc4c3cc3cccc-2c13. The molecule has 6 rings (SSSR count). The molecule has 0 amide bonds. The van der Waals surface area contributed by atoms with Gasteiger partial charge in [0.05, 0.1) is 10.4 Å². The number of benzene rings is 4. The molecular weight excluding hydrogens is 310 g/mol. The molecule has 112 valence electrons. The lowest BCUT2D eigenvalue weighted by Crippen LogP contribution is -2.00. The van der Waals surface area contributed by atoms with Gasteiger partial charge in [-0.1, -0.05) is 54.6 Å². The molecule has 5 aromatic rings. The van der Waals surface area contributed by atoms with Crippen molar-refractivity contribution in [2.75, 3.05) is 5.32 Å². The second-order valence-corrected chi connectivity index (χ2v) is 7.35. The molecule has 1 N–H and O–H groups in total. The number of anilines is 2. The van der Waals surface area contributed by atoms with Gasteiger partial charge in [0.25, 0.3) is 0 Å². The van der Waals surface area contributed by atoms with Gasteiger partial charge in [-0.3, -0.25) is 0 Å². The third kappa shape index (κ3) is 1.49. The Bertz CT molecular complexity index is 1280. The fourth-order valence-corrected chi connectivity index (χ4v) is 5.13. The van der Waals surface area contributed by atoms with Crippen LogP contribution in [0.2, 0.25) is 0 Å². The normalized spacial score (nSPS) is 12.5. The van der Waals surface area contributed by atoms with Gasteiger partial charge in [-0.25, -0.2) is 0 Å². The summed E-state index contributed by atoms with van der Waals surface area (Å²) in [7, 11) is 0. The summed E-state index contributed by atoms with van der Waals surface area (Å²) in [5, 5.41) is 9.07. The van der Waals surface area contributed by atoms with Gasteiger partial charge in [-0.15, -0.1) is 11.3 Å². The first-order chi connectivity index (χ1) is 11.9. The summed E-state index contributed by atoms with van der Waals surface area (Å²) >= 11 is 1.88. The Labute approximate surface area is 143 Å². The Morgan fingerprint density at radius 3 is 2.54 bits per heavy atom. The highest BCUT2D eigenvalue weighted by Gasteiger charge is 2.21. The summed E-state index contributed by atoms with van der Waals surface area (Å²) in [5.41, 5.74) is 5.08. The fraction of sp³-hybridized carbons (Fsp3) is 0. The topological polar surface area (TPSA) is 12.0 Å². The summed E-state index contributed by atoms with van der Waals surface area (Å²) in [6.45, 7) is 0. The minimum atomic E-state index is 1.20. The van der Waals surface area contributed by atoms with Gasteiger partial charge < -0.3 is 5.32 Å². The van der Waals surface area contributed by atoms with Crippen LogP contribution >= 0.6 is 11.3 Å². The van der Waals surface area contributed by atoms with E-state index in [2.05, 4.69) is 78.1 Å². The molecule has 0 saturated carbocycles. The lowest BCUT2D eigenvalue weighted by Gasteiger charge is -2.23. The maximum Gasteiger partial charge on any atom is 0.0652 e. The van der Waals surface area contributed by atoms with Crippen molar-refractivity contribution >= 4 is 53.7 Å². The molecule has 0 bridgehead atoms. The minimum Gasteiger partial charge on any atom is -0.353 e. The zero-order chi connectivity index (χ0) is 15.7. The van der Waals surface area contributed by atoms with Crippen LogP contribution in [0, 0.1) is 0 Å². The molecule has 24 heavy (non-hydrogen) atoms. The molecule has 0 radical (unpaired) electrons. The van der Waals surface area contributed by atoms with Crippen molar-refractivity contribution in [3.05, 3.63) is 72.8 Å². The number of fused-ring (bicyclic) bond motifs is 6. The third-order valence-corrected chi connectivity index (χ3v) is 6.19. The second-order valence-electron chi connectivity index (χ2n) is 6.30. The van der Waals surface area contributed by atoms with Gasteiger partial charge >= 0.3 is 0 Å². The molecule has 0 fully saturated rings. The molecule has 1 aliphatic heterocycles. The molecular formula is C22H13NS. The smallest absolute Gasteiger partial charge is 0.0652 e. The van der Waals surface area contributed by atoms with Crippen LogP contribution in [0.25, 0.3) is 42.1 Å². The predicted octanol–water partition coefficient (Wildman–Crippen LogP) is 6.93. The highest BCUT2D eigenvalue weighted by molar-refractivity contribution is 7.26. The number of nitrogens with one attached hydrogen (secondary N) is 1. The van der Waals surface area contributed by atoms with E-state index in [0.717, 1.165) is 0 Å². The number of para-hydroxylation sites is 1. The predicted molar refractivity (Wildman–Crippen MR) is 106 cm³/mol. The molecule has 1 aliphatic rings. The van der Waals surface area contributed by atoms with E-state index >= 15 is 0 Å². The van der Waals surface area contributed by atoms with Crippen molar-refractivity contribution in [3.8, 4) is 11.1 Å². The molecule has 0 aliphatic carbocycles. The number of rotatable bonds is 0. The Morgan fingerprint density at radius 2 is 1.54 bits per heavy atom. The summed E-state index contributed by atoms with van der Waals surface area (Å²) in [5.74, 6) is 0. The van der Waals surface area contributed by atoms with Gasteiger partial charge in [0.1, 0.15) is 0 Å². The highest BCUT2D eigenvalue weighted by Crippen LogP contribution is 2.50. The van der Waals surface area contributed by atoms with Crippen LogP contribution in [-0.2, 0) is 0 Å². The average Bonchev–Trinajstić information content (AvgIpc) is 3.01. The van der Waals surface area contributed by atoms with E-state index < -0.39 is 0 Å². The first-order valence-corrected chi connectivity index (χ1v) is 8.95. The van der Waals surface area contributed by atoms with Crippen molar-refractivity contribution in [2.45, 2.75) is 0 Å². The van der Waals surface area contributed by atoms with Crippen LogP contribution in [0.4, 0.5) is 11.4 Å². The van der Waals surface area contributed by atoms with Crippen LogP contribution in [0.15, 0.2) is 72.8 Å². The van der Waals surface area contributed by atoms with Crippen molar-refractivity contribution in [1.82, 2.24) is 0 Å². The highest BCUT2D eigenvalue weighted by atomic mass is 32.1. The fourth-order valence-electron chi connectivity index (χ4n) is 3.94. The monoisotopic (exact) mass is 323 g/mol. The lowest BCUT2D eigenvalue weighted by molar-refractivity contribution is 1.56. The van der Waals surface area contributed by atoms with E-state index in [-0.39, 0.29) is 0 Å². The quantitative estimate of drug-likeness (QED) is 0.319. The largest absolute Gasteiger partial charge is 0.353 e. The zero-order valence-corrected chi connectivity index (χ0v) is 13.7. The zero-order valence-electron chi connectivity index (χ0n) is 12.8. The van der Waals surface area contributed by atoms with Crippen molar-refractivity contribution in [3.63, 3.8) is 0 Å². The van der Waals surface area contributed by atoms with Crippen LogP contribution in [0.5, 0.6) is 0 Å².